The number of nitrogens with two attached hydrogens (primary N) is 1. The highest BCUT2D eigenvalue weighted by Gasteiger charge is 2.14. The van der Waals surface area contributed by atoms with Gasteiger partial charge in [-0.05, 0) is 12.1 Å². The average Bonchev–Trinajstić information content (AvgIpc) is 3.02. The van der Waals surface area contributed by atoms with Crippen LogP contribution in [0, 0.1) is 0 Å². The van der Waals surface area contributed by atoms with Gasteiger partial charge in [-0.3, -0.25) is 4.57 Å². The molecule has 0 aliphatic rings. The van der Waals surface area contributed by atoms with Gasteiger partial charge in [-0.15, -0.1) is 5.10 Å². The van der Waals surface area contributed by atoms with Gasteiger partial charge in [0.2, 0.25) is 0 Å². The summed E-state index contributed by atoms with van der Waals surface area (Å²) in [7, 11) is 1.67. The van der Waals surface area contributed by atoms with E-state index >= 15 is 0 Å². The van der Waals surface area contributed by atoms with Gasteiger partial charge in [0.05, 0.1) is 6.04 Å². The summed E-state index contributed by atoms with van der Waals surface area (Å²) in [5.41, 5.74) is 6.72. The van der Waals surface area contributed by atoms with Gasteiger partial charge in [-0.1, -0.05) is 30.0 Å². The minimum Gasteiger partial charge on any atom is -0.459 e. The molecule has 104 valence electrons. The summed E-state index contributed by atoms with van der Waals surface area (Å²) in [4.78, 5) is 11.3. The fraction of sp³-hybridized carbons (Fsp3) is 0.231. The Labute approximate surface area is 119 Å². The standard InChI is InChI=1S/C13H14N4O2S/c1-17-12(18)15-16-13(17)20-7-9(14)11-6-8-4-2-3-5-10(8)19-11/h2-6,9H,7,14H2,1H3,(H,15,18). The normalized spacial score (nSPS) is 12.9. The van der Waals surface area contributed by atoms with Crippen LogP contribution < -0.4 is 11.4 Å². The average molecular weight is 290 g/mol. The van der Waals surface area contributed by atoms with Gasteiger partial charge in [-0.2, -0.15) is 0 Å². The summed E-state index contributed by atoms with van der Waals surface area (Å²) < 4.78 is 7.17. The summed E-state index contributed by atoms with van der Waals surface area (Å²) >= 11 is 1.42. The maximum atomic E-state index is 11.3. The Morgan fingerprint density at radius 1 is 1.50 bits per heavy atom. The third-order valence-electron chi connectivity index (χ3n) is 3.04. The largest absolute Gasteiger partial charge is 0.459 e. The van der Waals surface area contributed by atoms with Crippen molar-refractivity contribution in [1.82, 2.24) is 14.8 Å². The predicted octanol–water partition coefficient (Wildman–Crippen LogP) is 1.65. The molecule has 0 saturated heterocycles. The van der Waals surface area contributed by atoms with E-state index in [1.807, 2.05) is 30.3 Å². The van der Waals surface area contributed by atoms with Crippen molar-refractivity contribution in [2.24, 2.45) is 12.8 Å². The lowest BCUT2D eigenvalue weighted by Crippen LogP contribution is -2.15. The van der Waals surface area contributed by atoms with Crippen LogP contribution in [0.5, 0.6) is 0 Å². The Morgan fingerprint density at radius 2 is 2.30 bits per heavy atom. The molecule has 0 aliphatic heterocycles. The maximum Gasteiger partial charge on any atom is 0.343 e. The number of para-hydroxylation sites is 1. The highest BCUT2D eigenvalue weighted by Crippen LogP contribution is 2.26. The first kappa shape index (κ1) is 13.0. The molecular weight excluding hydrogens is 276 g/mol. The van der Waals surface area contributed by atoms with E-state index in [1.54, 1.807) is 7.05 Å². The van der Waals surface area contributed by atoms with Crippen LogP contribution in [0.2, 0.25) is 0 Å². The number of nitrogens with one attached hydrogen (secondary N) is 1. The SMILES string of the molecule is Cn1c(SCC(N)c2cc3ccccc3o2)n[nH]c1=O. The lowest BCUT2D eigenvalue weighted by Gasteiger charge is -2.07. The number of benzene rings is 1. The number of thioether (sulfide) groups is 1. The number of hydrogen-bond acceptors (Lipinski definition) is 5. The smallest absolute Gasteiger partial charge is 0.343 e. The molecule has 20 heavy (non-hydrogen) atoms. The Morgan fingerprint density at radius 3 is 3.00 bits per heavy atom. The van der Waals surface area contributed by atoms with E-state index in [1.165, 1.54) is 16.3 Å². The zero-order valence-corrected chi connectivity index (χ0v) is 11.7. The molecule has 1 aromatic carbocycles. The highest BCUT2D eigenvalue weighted by atomic mass is 32.2. The van der Waals surface area contributed by atoms with Gasteiger partial charge < -0.3 is 10.2 Å². The molecular formula is C13H14N4O2S. The second-order valence-corrected chi connectivity index (χ2v) is 5.46. The van der Waals surface area contributed by atoms with Crippen molar-refractivity contribution in [3.8, 4) is 0 Å². The second kappa shape index (κ2) is 5.18. The molecule has 3 aromatic rings. The molecule has 6 nitrogen and oxygen atoms in total. The molecule has 3 N–H and O–H groups in total. The topological polar surface area (TPSA) is 89.8 Å². The van der Waals surface area contributed by atoms with Crippen LogP contribution in [-0.2, 0) is 7.05 Å². The third kappa shape index (κ3) is 2.37. The molecule has 0 spiro atoms. The van der Waals surface area contributed by atoms with Gasteiger partial charge in [0.15, 0.2) is 5.16 Å². The number of aromatic nitrogens is 3. The number of furan rings is 1. The molecule has 3 rings (SSSR count). The fourth-order valence-corrected chi connectivity index (χ4v) is 2.77. The van der Waals surface area contributed by atoms with E-state index < -0.39 is 0 Å². The van der Waals surface area contributed by atoms with E-state index in [2.05, 4.69) is 10.2 Å². The van der Waals surface area contributed by atoms with Crippen molar-refractivity contribution in [3.05, 3.63) is 46.6 Å². The molecule has 2 aromatic heterocycles. The molecule has 0 radical (unpaired) electrons. The molecule has 0 fully saturated rings. The first-order valence-corrected chi connectivity index (χ1v) is 7.12. The van der Waals surface area contributed by atoms with Crippen molar-refractivity contribution in [2.45, 2.75) is 11.2 Å². The Kier molecular flexibility index (Phi) is 3.37. The number of hydrogen-bond donors (Lipinski definition) is 2. The minimum absolute atomic E-state index is 0.232. The summed E-state index contributed by atoms with van der Waals surface area (Å²) in [6, 6.07) is 9.48. The van der Waals surface area contributed by atoms with Crippen LogP contribution in [-0.4, -0.2) is 20.5 Å². The van der Waals surface area contributed by atoms with Crippen molar-refractivity contribution in [3.63, 3.8) is 0 Å². The summed E-state index contributed by atoms with van der Waals surface area (Å²) in [6.45, 7) is 0. The third-order valence-corrected chi connectivity index (χ3v) is 4.19. The van der Waals surface area contributed by atoms with Crippen LogP contribution >= 0.6 is 11.8 Å². The van der Waals surface area contributed by atoms with Crippen LogP contribution in [0.1, 0.15) is 11.8 Å². The predicted molar refractivity (Wildman–Crippen MR) is 77.7 cm³/mol. The Hall–Kier alpha value is -1.99. The Balaban J connectivity index is 1.74. The zero-order chi connectivity index (χ0) is 14.1. The van der Waals surface area contributed by atoms with Crippen LogP contribution in [0.25, 0.3) is 11.0 Å². The quantitative estimate of drug-likeness (QED) is 0.713. The molecule has 1 atom stereocenters. The van der Waals surface area contributed by atoms with Crippen molar-refractivity contribution >= 4 is 22.7 Å². The second-order valence-electron chi connectivity index (χ2n) is 4.47. The molecule has 2 heterocycles. The van der Waals surface area contributed by atoms with Crippen molar-refractivity contribution in [2.75, 3.05) is 5.75 Å². The number of rotatable bonds is 4. The lowest BCUT2D eigenvalue weighted by molar-refractivity contribution is 0.516. The maximum absolute atomic E-state index is 11.3. The van der Waals surface area contributed by atoms with Gasteiger partial charge in [-0.25, -0.2) is 9.89 Å². The van der Waals surface area contributed by atoms with Crippen molar-refractivity contribution < 1.29 is 4.42 Å². The van der Waals surface area contributed by atoms with Crippen molar-refractivity contribution in [1.29, 1.82) is 0 Å². The van der Waals surface area contributed by atoms with Crippen LogP contribution in [0.3, 0.4) is 0 Å². The summed E-state index contributed by atoms with van der Waals surface area (Å²) in [5.74, 6) is 1.32. The van der Waals surface area contributed by atoms with Gasteiger partial charge in [0.25, 0.3) is 0 Å². The van der Waals surface area contributed by atoms with Crippen LogP contribution in [0.4, 0.5) is 0 Å². The fourth-order valence-electron chi connectivity index (χ4n) is 1.89. The number of H-pyrrole nitrogens is 1. The van der Waals surface area contributed by atoms with E-state index in [0.717, 1.165) is 16.7 Å². The van der Waals surface area contributed by atoms with Gasteiger partial charge in [0.1, 0.15) is 11.3 Å². The number of fused-ring (bicyclic) bond motifs is 1. The number of aromatic amines is 1. The molecule has 0 aliphatic carbocycles. The summed E-state index contributed by atoms with van der Waals surface area (Å²) in [5, 5.41) is 7.97. The Bertz CT molecular complexity index is 756. The van der Waals surface area contributed by atoms with Gasteiger partial charge in [0, 0.05) is 18.2 Å². The zero-order valence-electron chi connectivity index (χ0n) is 10.9. The van der Waals surface area contributed by atoms with Crippen LogP contribution in [0.15, 0.2) is 44.7 Å². The first-order valence-electron chi connectivity index (χ1n) is 6.13. The first-order chi connectivity index (χ1) is 9.65. The lowest BCUT2D eigenvalue weighted by atomic mass is 10.2. The van der Waals surface area contributed by atoms with E-state index in [0.29, 0.717) is 10.9 Å². The monoisotopic (exact) mass is 290 g/mol. The molecule has 1 unspecified atom stereocenters. The van der Waals surface area contributed by atoms with Gasteiger partial charge >= 0.3 is 5.69 Å². The molecule has 0 amide bonds. The number of nitrogens with zero attached hydrogens (tertiary/aromatic N) is 2. The molecule has 0 saturated carbocycles. The van der Waals surface area contributed by atoms with E-state index in [-0.39, 0.29) is 11.7 Å². The van der Waals surface area contributed by atoms with E-state index in [4.69, 9.17) is 10.2 Å². The van der Waals surface area contributed by atoms with E-state index in [9.17, 15) is 4.79 Å². The molecule has 0 bridgehead atoms. The molecule has 7 heteroatoms. The minimum atomic E-state index is -0.251. The summed E-state index contributed by atoms with van der Waals surface area (Å²) in [6.07, 6.45) is 0. The highest BCUT2D eigenvalue weighted by molar-refractivity contribution is 7.99.